The summed E-state index contributed by atoms with van der Waals surface area (Å²) < 4.78 is 1.97. The quantitative estimate of drug-likeness (QED) is 0.789. The molecular formula is C16H15ClN4. The molecule has 0 saturated heterocycles. The third-order valence-electron chi connectivity index (χ3n) is 3.34. The van der Waals surface area contributed by atoms with Crippen LogP contribution in [0.5, 0.6) is 0 Å². The van der Waals surface area contributed by atoms with E-state index in [9.17, 15) is 0 Å². The second-order valence-electron chi connectivity index (χ2n) is 4.78. The number of benzene rings is 1. The number of hydrogen-bond acceptors (Lipinski definition) is 3. The van der Waals surface area contributed by atoms with Gasteiger partial charge in [-0.3, -0.25) is 4.98 Å². The van der Waals surface area contributed by atoms with Crippen LogP contribution in [0.2, 0.25) is 5.02 Å². The van der Waals surface area contributed by atoms with E-state index in [4.69, 9.17) is 11.6 Å². The maximum Gasteiger partial charge on any atom is 0.0991 e. The van der Waals surface area contributed by atoms with Crippen LogP contribution in [0.15, 0.2) is 61.4 Å². The summed E-state index contributed by atoms with van der Waals surface area (Å²) in [6, 6.07) is 10.2. The highest BCUT2D eigenvalue weighted by molar-refractivity contribution is 6.33. The second-order valence-corrected chi connectivity index (χ2v) is 5.19. The summed E-state index contributed by atoms with van der Waals surface area (Å²) in [7, 11) is 0. The molecule has 0 radical (unpaired) electrons. The Morgan fingerprint density at radius 1 is 1.10 bits per heavy atom. The van der Waals surface area contributed by atoms with Gasteiger partial charge in [-0.2, -0.15) is 0 Å². The standard InChI is InChI=1S/C16H15ClN4/c1-12(20-16-10-18-7-6-15(16)17)13-2-4-14(5-3-13)21-9-8-19-11-21/h2-12,20H,1H3. The van der Waals surface area contributed by atoms with E-state index in [1.165, 1.54) is 5.56 Å². The van der Waals surface area contributed by atoms with Crippen molar-refractivity contribution in [3.63, 3.8) is 0 Å². The SMILES string of the molecule is CC(Nc1cnccc1Cl)c1ccc(-n2ccnc2)cc1. The molecule has 4 nitrogen and oxygen atoms in total. The highest BCUT2D eigenvalue weighted by Gasteiger charge is 2.08. The van der Waals surface area contributed by atoms with E-state index in [0.717, 1.165) is 11.4 Å². The molecule has 3 aromatic rings. The minimum Gasteiger partial charge on any atom is -0.376 e. The first-order chi connectivity index (χ1) is 10.2. The van der Waals surface area contributed by atoms with Crippen molar-refractivity contribution in [2.45, 2.75) is 13.0 Å². The molecule has 0 fully saturated rings. The lowest BCUT2D eigenvalue weighted by Crippen LogP contribution is -2.07. The first kappa shape index (κ1) is 13.6. The number of anilines is 1. The number of aromatic nitrogens is 3. The van der Waals surface area contributed by atoms with Crippen LogP contribution in [0, 0.1) is 0 Å². The van der Waals surface area contributed by atoms with Crippen LogP contribution in [0.1, 0.15) is 18.5 Å². The smallest absolute Gasteiger partial charge is 0.0991 e. The van der Waals surface area contributed by atoms with Crippen molar-refractivity contribution in [2.75, 3.05) is 5.32 Å². The van der Waals surface area contributed by atoms with Gasteiger partial charge in [0, 0.05) is 30.3 Å². The summed E-state index contributed by atoms with van der Waals surface area (Å²) in [6.45, 7) is 2.09. The number of nitrogens with one attached hydrogen (secondary N) is 1. The minimum atomic E-state index is 0.142. The first-order valence-corrected chi connectivity index (χ1v) is 7.06. The van der Waals surface area contributed by atoms with E-state index in [0.29, 0.717) is 5.02 Å². The molecule has 0 spiro atoms. The summed E-state index contributed by atoms with van der Waals surface area (Å²) in [5.74, 6) is 0. The molecule has 1 N–H and O–H groups in total. The molecule has 0 amide bonds. The zero-order valence-electron chi connectivity index (χ0n) is 11.6. The number of pyridine rings is 1. The third kappa shape index (κ3) is 3.06. The fourth-order valence-electron chi connectivity index (χ4n) is 2.15. The fourth-order valence-corrected chi connectivity index (χ4v) is 2.31. The van der Waals surface area contributed by atoms with Gasteiger partial charge in [0.05, 0.1) is 23.2 Å². The Hall–Kier alpha value is -2.33. The van der Waals surface area contributed by atoms with Crippen molar-refractivity contribution in [1.29, 1.82) is 0 Å². The van der Waals surface area contributed by atoms with Crippen molar-refractivity contribution in [3.8, 4) is 5.69 Å². The topological polar surface area (TPSA) is 42.7 Å². The first-order valence-electron chi connectivity index (χ1n) is 6.68. The van der Waals surface area contributed by atoms with Gasteiger partial charge >= 0.3 is 0 Å². The van der Waals surface area contributed by atoms with Crippen LogP contribution < -0.4 is 5.32 Å². The Bertz CT molecular complexity index is 707. The Morgan fingerprint density at radius 3 is 2.57 bits per heavy atom. The third-order valence-corrected chi connectivity index (χ3v) is 3.67. The summed E-state index contributed by atoms with van der Waals surface area (Å²) in [5, 5.41) is 4.04. The molecule has 106 valence electrons. The van der Waals surface area contributed by atoms with Crippen LogP contribution in [0.4, 0.5) is 5.69 Å². The maximum absolute atomic E-state index is 6.14. The molecule has 0 saturated carbocycles. The molecule has 21 heavy (non-hydrogen) atoms. The van der Waals surface area contributed by atoms with Gasteiger partial charge in [0.2, 0.25) is 0 Å². The Morgan fingerprint density at radius 2 is 1.90 bits per heavy atom. The zero-order valence-corrected chi connectivity index (χ0v) is 12.3. The molecule has 1 atom stereocenters. The van der Waals surface area contributed by atoms with Gasteiger partial charge in [-0.15, -0.1) is 0 Å². The van der Waals surface area contributed by atoms with E-state index in [2.05, 4.69) is 46.5 Å². The van der Waals surface area contributed by atoms with Crippen LogP contribution in [-0.4, -0.2) is 14.5 Å². The monoisotopic (exact) mass is 298 g/mol. The Kier molecular flexibility index (Phi) is 3.88. The summed E-state index contributed by atoms with van der Waals surface area (Å²) in [6.07, 6.45) is 8.89. The molecule has 0 aliphatic carbocycles. The molecule has 0 bridgehead atoms. The number of hydrogen-bond donors (Lipinski definition) is 1. The Labute approximate surface area is 128 Å². The van der Waals surface area contributed by atoms with Gasteiger partial charge in [-0.05, 0) is 30.7 Å². The lowest BCUT2D eigenvalue weighted by atomic mass is 10.1. The van der Waals surface area contributed by atoms with Crippen LogP contribution in [0.3, 0.4) is 0 Å². The largest absolute Gasteiger partial charge is 0.376 e. The highest BCUT2D eigenvalue weighted by atomic mass is 35.5. The number of rotatable bonds is 4. The highest BCUT2D eigenvalue weighted by Crippen LogP contribution is 2.25. The summed E-state index contributed by atoms with van der Waals surface area (Å²) >= 11 is 6.14. The maximum atomic E-state index is 6.14. The van der Waals surface area contributed by atoms with Crippen molar-refractivity contribution < 1.29 is 0 Å². The summed E-state index contributed by atoms with van der Waals surface area (Å²) in [5.41, 5.74) is 3.10. The van der Waals surface area contributed by atoms with Crippen molar-refractivity contribution in [1.82, 2.24) is 14.5 Å². The average Bonchev–Trinajstić information content (AvgIpc) is 3.04. The van der Waals surface area contributed by atoms with Gasteiger partial charge in [-0.25, -0.2) is 4.98 Å². The Balaban J connectivity index is 1.76. The lowest BCUT2D eigenvalue weighted by molar-refractivity contribution is 0.881. The zero-order chi connectivity index (χ0) is 14.7. The van der Waals surface area contributed by atoms with Gasteiger partial charge in [-0.1, -0.05) is 23.7 Å². The van der Waals surface area contributed by atoms with E-state index in [1.807, 2.05) is 10.8 Å². The van der Waals surface area contributed by atoms with E-state index >= 15 is 0 Å². The molecule has 0 aliphatic heterocycles. The molecule has 2 heterocycles. The number of halogens is 1. The van der Waals surface area contributed by atoms with Gasteiger partial charge in [0.25, 0.3) is 0 Å². The van der Waals surface area contributed by atoms with Crippen LogP contribution >= 0.6 is 11.6 Å². The number of imidazole rings is 1. The van der Waals surface area contributed by atoms with E-state index < -0.39 is 0 Å². The van der Waals surface area contributed by atoms with Crippen molar-refractivity contribution >= 4 is 17.3 Å². The predicted octanol–water partition coefficient (Wildman–Crippen LogP) is 4.09. The molecule has 5 heteroatoms. The van der Waals surface area contributed by atoms with E-state index in [1.54, 1.807) is 31.0 Å². The van der Waals surface area contributed by atoms with Gasteiger partial charge in [0.1, 0.15) is 0 Å². The minimum absolute atomic E-state index is 0.142. The van der Waals surface area contributed by atoms with Gasteiger partial charge < -0.3 is 9.88 Å². The molecule has 3 rings (SSSR count). The van der Waals surface area contributed by atoms with Crippen LogP contribution in [0.25, 0.3) is 5.69 Å². The molecule has 0 aliphatic rings. The average molecular weight is 299 g/mol. The predicted molar refractivity (Wildman–Crippen MR) is 84.8 cm³/mol. The summed E-state index contributed by atoms with van der Waals surface area (Å²) in [4.78, 5) is 8.13. The molecular weight excluding hydrogens is 284 g/mol. The second kappa shape index (κ2) is 5.97. The van der Waals surface area contributed by atoms with E-state index in [-0.39, 0.29) is 6.04 Å². The van der Waals surface area contributed by atoms with Gasteiger partial charge in [0.15, 0.2) is 0 Å². The normalized spacial score (nSPS) is 12.1. The fraction of sp³-hybridized carbons (Fsp3) is 0.125. The molecule has 1 aromatic carbocycles. The van der Waals surface area contributed by atoms with Crippen molar-refractivity contribution in [2.24, 2.45) is 0 Å². The van der Waals surface area contributed by atoms with Crippen LogP contribution in [-0.2, 0) is 0 Å². The van der Waals surface area contributed by atoms with Crippen molar-refractivity contribution in [3.05, 3.63) is 72.0 Å². The molecule has 2 aromatic heterocycles. The number of nitrogens with zero attached hydrogens (tertiary/aromatic N) is 3. The molecule has 1 unspecified atom stereocenters. The lowest BCUT2D eigenvalue weighted by Gasteiger charge is -2.16.